The summed E-state index contributed by atoms with van der Waals surface area (Å²) < 4.78 is 46.2. The van der Waals surface area contributed by atoms with E-state index in [0.29, 0.717) is 12.1 Å². The molecular weight excluding hydrogens is 457 g/mol. The fourth-order valence-corrected chi connectivity index (χ4v) is 4.74. The summed E-state index contributed by atoms with van der Waals surface area (Å²) in [6, 6.07) is 11.3. The van der Waals surface area contributed by atoms with E-state index in [2.05, 4.69) is 10.4 Å². The zero-order chi connectivity index (χ0) is 24.7. The molecule has 1 aliphatic rings. The first-order valence-corrected chi connectivity index (χ1v) is 11.4. The van der Waals surface area contributed by atoms with Gasteiger partial charge in [0.05, 0.1) is 23.3 Å². The van der Waals surface area contributed by atoms with Crippen LogP contribution in [0.1, 0.15) is 35.2 Å². The van der Waals surface area contributed by atoms with Crippen LogP contribution in [0.5, 0.6) is 0 Å². The number of alkyl halides is 2. The highest BCUT2D eigenvalue weighted by Gasteiger charge is 2.46. The molecule has 2 heterocycles. The molecule has 4 aromatic rings. The lowest BCUT2D eigenvalue weighted by Gasteiger charge is -2.34. The van der Waals surface area contributed by atoms with Crippen molar-refractivity contribution in [3.8, 4) is 11.1 Å². The van der Waals surface area contributed by atoms with Crippen molar-refractivity contribution in [2.75, 3.05) is 0 Å². The molecule has 2 aromatic carbocycles. The Morgan fingerprint density at radius 2 is 1.94 bits per heavy atom. The summed E-state index contributed by atoms with van der Waals surface area (Å²) in [6.07, 6.45) is 3.24. The molecule has 0 bridgehead atoms. The third-order valence-electron chi connectivity index (χ3n) is 6.60. The minimum Gasteiger partial charge on any atom is -0.385 e. The highest BCUT2D eigenvalue weighted by molar-refractivity contribution is 6.07. The molecule has 2 atom stereocenters. The van der Waals surface area contributed by atoms with E-state index >= 15 is 0 Å². The first-order chi connectivity index (χ1) is 16.7. The molecule has 0 saturated heterocycles. The van der Waals surface area contributed by atoms with Crippen molar-refractivity contribution in [2.45, 2.75) is 43.9 Å². The summed E-state index contributed by atoms with van der Waals surface area (Å²) >= 11 is 0. The molecule has 0 unspecified atom stereocenters. The highest BCUT2D eigenvalue weighted by Crippen LogP contribution is 2.34. The largest absolute Gasteiger partial charge is 0.385 e. The second kappa shape index (κ2) is 8.88. The number of nitrogens with one attached hydrogen (secondary N) is 1. The van der Waals surface area contributed by atoms with Gasteiger partial charge in [0, 0.05) is 43.4 Å². The number of hydrogen-bond donors (Lipinski definition) is 2. The number of halogens is 3. The second-order valence-electron chi connectivity index (χ2n) is 9.08. The number of fused-ring (bicyclic) bond motifs is 1. The van der Waals surface area contributed by atoms with Gasteiger partial charge < -0.3 is 15.0 Å². The van der Waals surface area contributed by atoms with Crippen molar-refractivity contribution in [2.24, 2.45) is 7.05 Å². The molecule has 2 aromatic heterocycles. The third kappa shape index (κ3) is 4.43. The van der Waals surface area contributed by atoms with Crippen LogP contribution in [0.4, 0.5) is 13.2 Å². The maximum atomic E-state index is 14.8. The number of aromatic nitrogens is 3. The number of nitrogens with zero attached hydrogens (tertiary/aromatic N) is 3. The van der Waals surface area contributed by atoms with E-state index in [0.717, 1.165) is 16.7 Å². The van der Waals surface area contributed by atoms with E-state index in [4.69, 9.17) is 0 Å². The first-order valence-electron chi connectivity index (χ1n) is 11.4. The van der Waals surface area contributed by atoms with Crippen LogP contribution in [0.15, 0.2) is 61.1 Å². The maximum Gasteiger partial charge on any atom is 0.275 e. The van der Waals surface area contributed by atoms with Gasteiger partial charge in [0.25, 0.3) is 11.8 Å². The van der Waals surface area contributed by atoms with Gasteiger partial charge in [-0.2, -0.15) is 5.10 Å². The van der Waals surface area contributed by atoms with Crippen molar-refractivity contribution in [1.82, 2.24) is 19.7 Å². The van der Waals surface area contributed by atoms with Crippen LogP contribution in [-0.2, 0) is 13.6 Å². The molecule has 9 heteroatoms. The lowest BCUT2D eigenvalue weighted by atomic mass is 9.89. The van der Waals surface area contributed by atoms with E-state index in [1.54, 1.807) is 27.6 Å². The Balaban J connectivity index is 1.42. The van der Waals surface area contributed by atoms with Crippen LogP contribution in [-0.4, -0.2) is 43.4 Å². The van der Waals surface area contributed by atoms with E-state index in [9.17, 15) is 23.1 Å². The topological polar surface area (TPSA) is 72.1 Å². The average Bonchev–Trinajstić information content (AvgIpc) is 3.42. The molecule has 0 radical (unpaired) electrons. The molecule has 35 heavy (non-hydrogen) atoms. The second-order valence-corrected chi connectivity index (χ2v) is 9.08. The van der Waals surface area contributed by atoms with Gasteiger partial charge in [-0.25, -0.2) is 13.2 Å². The lowest BCUT2D eigenvalue weighted by Crippen LogP contribution is -2.54. The van der Waals surface area contributed by atoms with Gasteiger partial charge in [-0.1, -0.05) is 30.3 Å². The number of hydrogen-bond acceptors (Lipinski definition) is 3. The van der Waals surface area contributed by atoms with Gasteiger partial charge in [-0.3, -0.25) is 9.48 Å². The van der Waals surface area contributed by atoms with Gasteiger partial charge in [-0.15, -0.1) is 0 Å². The minimum absolute atomic E-state index is 0.0474. The Morgan fingerprint density at radius 1 is 1.17 bits per heavy atom. The van der Waals surface area contributed by atoms with E-state index < -0.39 is 36.2 Å². The van der Waals surface area contributed by atoms with E-state index in [1.165, 1.54) is 12.3 Å². The van der Waals surface area contributed by atoms with Crippen LogP contribution in [0.3, 0.4) is 0 Å². The molecule has 2 N–H and O–H groups in total. The maximum absolute atomic E-state index is 14.8. The Hall–Kier alpha value is -3.59. The normalized spacial score (nSPS) is 19.7. The van der Waals surface area contributed by atoms with Crippen LogP contribution in [0, 0.1) is 5.82 Å². The zero-order valence-electron chi connectivity index (χ0n) is 19.1. The molecule has 1 amide bonds. The summed E-state index contributed by atoms with van der Waals surface area (Å²) in [5.41, 5.74) is 3.50. The smallest absolute Gasteiger partial charge is 0.275 e. The Morgan fingerprint density at radius 3 is 2.66 bits per heavy atom. The van der Waals surface area contributed by atoms with Crippen molar-refractivity contribution in [3.05, 3.63) is 78.0 Å². The summed E-state index contributed by atoms with van der Waals surface area (Å²) in [5.74, 6) is -4.53. The van der Waals surface area contributed by atoms with Crippen LogP contribution in [0.25, 0.3) is 22.0 Å². The van der Waals surface area contributed by atoms with Crippen molar-refractivity contribution in [1.29, 1.82) is 0 Å². The van der Waals surface area contributed by atoms with Crippen LogP contribution < -0.4 is 5.32 Å². The molecule has 0 aliphatic heterocycles. The highest BCUT2D eigenvalue weighted by atomic mass is 19.3. The molecule has 5 rings (SSSR count). The lowest BCUT2D eigenvalue weighted by molar-refractivity contribution is -0.141. The van der Waals surface area contributed by atoms with Gasteiger partial charge in [0.15, 0.2) is 0 Å². The Bertz CT molecular complexity index is 1380. The summed E-state index contributed by atoms with van der Waals surface area (Å²) in [5, 5.41) is 16.8. The first kappa shape index (κ1) is 23.2. The number of aliphatic hydroxyl groups is 1. The molecule has 1 fully saturated rings. The number of rotatable bonds is 5. The molecular formula is C26H25F3N4O2. The number of carbonyl (C=O) groups excluding carboxylic acids is 1. The monoisotopic (exact) mass is 482 g/mol. The molecule has 182 valence electrons. The van der Waals surface area contributed by atoms with E-state index in [1.807, 2.05) is 37.5 Å². The van der Waals surface area contributed by atoms with Crippen molar-refractivity contribution in [3.63, 3.8) is 0 Å². The Labute approximate surface area is 200 Å². The van der Waals surface area contributed by atoms with Gasteiger partial charge in [0.2, 0.25) is 0 Å². The van der Waals surface area contributed by atoms with Crippen LogP contribution >= 0.6 is 0 Å². The average molecular weight is 483 g/mol. The minimum atomic E-state index is -3.27. The summed E-state index contributed by atoms with van der Waals surface area (Å²) in [7, 11) is 1.85. The fourth-order valence-electron chi connectivity index (χ4n) is 4.74. The van der Waals surface area contributed by atoms with Gasteiger partial charge in [-0.05, 0) is 36.1 Å². The number of benzene rings is 2. The zero-order valence-corrected chi connectivity index (χ0v) is 19.1. The van der Waals surface area contributed by atoms with Gasteiger partial charge in [0.1, 0.15) is 11.9 Å². The van der Waals surface area contributed by atoms with Gasteiger partial charge >= 0.3 is 0 Å². The van der Waals surface area contributed by atoms with Crippen LogP contribution in [0.2, 0.25) is 0 Å². The SMILES string of the molecule is Cn1cc(-c2ccc(Cn3cc(C(=O)N[C@H]4CCCC(F)(F)[C@@H]4O)c4c(F)cccc43)cc2)cn1. The van der Waals surface area contributed by atoms with Crippen molar-refractivity contribution < 1.29 is 23.1 Å². The Kier molecular flexibility index (Phi) is 5.88. The molecule has 1 aliphatic carbocycles. The predicted molar refractivity (Wildman–Crippen MR) is 126 cm³/mol. The number of aryl methyl sites for hydroxylation is 1. The predicted octanol–water partition coefficient (Wildman–Crippen LogP) is 4.51. The quantitative estimate of drug-likeness (QED) is 0.440. The molecule has 6 nitrogen and oxygen atoms in total. The number of carbonyl (C=O) groups is 1. The summed E-state index contributed by atoms with van der Waals surface area (Å²) in [4.78, 5) is 13.0. The standard InChI is InChI=1S/C26H25F3N4O2/c1-32-14-18(12-30-32)17-9-7-16(8-10-17)13-33-15-19(23-20(27)4-2-6-22(23)33)25(35)31-21-5-3-11-26(28,29)24(21)34/h2,4,6-10,12,14-15,21,24,34H,3,5,11,13H2,1H3,(H,31,35)/t21-,24+/m0/s1. The third-order valence-corrected chi connectivity index (χ3v) is 6.60. The molecule has 0 spiro atoms. The van der Waals surface area contributed by atoms with Crippen molar-refractivity contribution >= 4 is 16.8 Å². The van der Waals surface area contributed by atoms with E-state index in [-0.39, 0.29) is 23.8 Å². The number of amides is 1. The molecule has 1 saturated carbocycles. The number of aliphatic hydroxyl groups excluding tert-OH is 1. The fraction of sp³-hybridized carbons (Fsp3) is 0.308. The summed E-state index contributed by atoms with van der Waals surface area (Å²) in [6.45, 7) is 0.380.